The number of carbonyl (C=O) groups excluding carboxylic acids is 5. The number of aliphatic hydroxyl groups excluding tert-OH is 1. The molecule has 2 fully saturated rings. The van der Waals surface area contributed by atoms with Gasteiger partial charge in [-0.3, -0.25) is 24.0 Å². The van der Waals surface area contributed by atoms with Crippen molar-refractivity contribution >= 4 is 29.4 Å². The second-order valence-corrected chi connectivity index (χ2v) is 10.2. The van der Waals surface area contributed by atoms with Crippen LogP contribution in [0.2, 0.25) is 0 Å². The lowest BCUT2D eigenvalue weighted by atomic mass is 10.0. The highest BCUT2D eigenvalue weighted by molar-refractivity contribution is 5.97. The second-order valence-electron chi connectivity index (χ2n) is 10.2. The molecule has 0 aromatic heterocycles. The summed E-state index contributed by atoms with van der Waals surface area (Å²) in [6.07, 6.45) is 3.11. The van der Waals surface area contributed by atoms with E-state index in [4.69, 9.17) is 0 Å². The molecule has 2 aliphatic heterocycles. The molecule has 2 heterocycles. The van der Waals surface area contributed by atoms with Crippen LogP contribution in [0, 0.1) is 0 Å². The molecule has 5 atom stereocenters. The van der Waals surface area contributed by atoms with Crippen molar-refractivity contribution in [1.82, 2.24) is 20.9 Å². The van der Waals surface area contributed by atoms with Crippen LogP contribution in [0.25, 0.3) is 0 Å². The number of hydrogen-bond donors (Lipinski definition) is 4. The minimum Gasteiger partial charge on any atom is -0.386 e. The smallest absolute Gasteiger partial charge is 0.246 e. The third-order valence-electron chi connectivity index (χ3n) is 7.29. The number of hydrogen-bond acceptors (Lipinski definition) is 6. The number of nitrogens with zero attached hydrogens (tertiary/aromatic N) is 1. The number of benzene rings is 1. The summed E-state index contributed by atoms with van der Waals surface area (Å²) in [5.41, 5.74) is 0.880. The Morgan fingerprint density at radius 2 is 1.61 bits per heavy atom. The van der Waals surface area contributed by atoms with Gasteiger partial charge in [-0.05, 0) is 44.6 Å². The van der Waals surface area contributed by atoms with Crippen molar-refractivity contribution in [2.75, 3.05) is 6.54 Å². The highest BCUT2D eigenvalue weighted by atomic mass is 16.3. The quantitative estimate of drug-likeness (QED) is 0.334. The molecule has 0 spiro atoms. The largest absolute Gasteiger partial charge is 0.386 e. The summed E-state index contributed by atoms with van der Waals surface area (Å²) in [5.74, 6) is -1.79. The molecule has 1 aromatic carbocycles. The van der Waals surface area contributed by atoms with E-state index in [0.29, 0.717) is 51.5 Å². The van der Waals surface area contributed by atoms with Gasteiger partial charge in [-0.15, -0.1) is 0 Å². The molecule has 4 N–H and O–H groups in total. The normalized spacial score (nSPS) is 25.4. The van der Waals surface area contributed by atoms with E-state index in [-0.39, 0.29) is 30.4 Å². The van der Waals surface area contributed by atoms with Gasteiger partial charge in [0, 0.05) is 19.4 Å². The summed E-state index contributed by atoms with van der Waals surface area (Å²) in [6.45, 7) is 3.62. The predicted octanol–water partition coefficient (Wildman–Crippen LogP) is 0.999. The summed E-state index contributed by atoms with van der Waals surface area (Å²) >= 11 is 0. The highest BCUT2D eigenvalue weighted by Crippen LogP contribution is 2.21. The Hall–Kier alpha value is -3.27. The Bertz CT molecular complexity index is 998. The van der Waals surface area contributed by atoms with Crippen molar-refractivity contribution in [2.24, 2.45) is 0 Å². The monoisotopic (exact) mass is 528 g/mol. The molecule has 0 aliphatic carbocycles. The Morgan fingerprint density at radius 3 is 2.29 bits per heavy atom. The molecule has 0 unspecified atom stereocenters. The lowest BCUT2D eigenvalue weighted by Crippen LogP contribution is -2.61. The van der Waals surface area contributed by atoms with Gasteiger partial charge < -0.3 is 26.0 Å². The summed E-state index contributed by atoms with van der Waals surface area (Å²) in [6, 6.07) is 6.08. The molecular formula is C28H40N4O6. The number of aliphatic hydroxyl groups is 1. The summed E-state index contributed by atoms with van der Waals surface area (Å²) in [4.78, 5) is 66.5. The highest BCUT2D eigenvalue weighted by Gasteiger charge is 2.40. The van der Waals surface area contributed by atoms with Crippen molar-refractivity contribution in [3.63, 3.8) is 0 Å². The minimum atomic E-state index is -0.993. The molecule has 2 saturated heterocycles. The van der Waals surface area contributed by atoms with Gasteiger partial charge in [0.15, 0.2) is 5.78 Å². The number of ketones is 1. The predicted molar refractivity (Wildman–Crippen MR) is 141 cm³/mol. The van der Waals surface area contributed by atoms with Crippen LogP contribution < -0.4 is 16.0 Å². The van der Waals surface area contributed by atoms with E-state index in [0.717, 1.165) is 5.56 Å². The van der Waals surface area contributed by atoms with E-state index in [2.05, 4.69) is 16.0 Å². The topological polar surface area (TPSA) is 145 Å². The molecule has 0 saturated carbocycles. The molecule has 208 valence electrons. The number of carbonyl (C=O) groups is 5. The molecule has 2 aliphatic rings. The minimum absolute atomic E-state index is 0.226. The fraction of sp³-hybridized carbons (Fsp3) is 0.607. The van der Waals surface area contributed by atoms with E-state index in [1.807, 2.05) is 30.3 Å². The van der Waals surface area contributed by atoms with Crippen LogP contribution in [0.1, 0.15) is 70.8 Å². The molecule has 38 heavy (non-hydrogen) atoms. The fourth-order valence-electron chi connectivity index (χ4n) is 5.02. The van der Waals surface area contributed by atoms with Gasteiger partial charge in [-0.25, -0.2) is 0 Å². The van der Waals surface area contributed by atoms with Crippen LogP contribution >= 0.6 is 0 Å². The number of Topliss-reactive ketones (excluding diaryl/α,β-unsaturated/α-hetero) is 1. The van der Waals surface area contributed by atoms with E-state index in [9.17, 15) is 29.1 Å². The van der Waals surface area contributed by atoms with E-state index >= 15 is 0 Å². The summed E-state index contributed by atoms with van der Waals surface area (Å²) in [7, 11) is 0. The number of rotatable bonds is 10. The maximum Gasteiger partial charge on any atom is 0.246 e. The van der Waals surface area contributed by atoms with Crippen LogP contribution in [0.15, 0.2) is 30.3 Å². The van der Waals surface area contributed by atoms with Crippen molar-refractivity contribution in [3.8, 4) is 0 Å². The maximum atomic E-state index is 13.6. The van der Waals surface area contributed by atoms with E-state index in [1.54, 1.807) is 6.92 Å². The van der Waals surface area contributed by atoms with Gasteiger partial charge in [-0.1, -0.05) is 50.1 Å². The van der Waals surface area contributed by atoms with E-state index in [1.165, 1.54) is 11.8 Å². The van der Waals surface area contributed by atoms with Gasteiger partial charge in [0.05, 0.1) is 0 Å². The number of fused-ring (bicyclic) bond motifs is 1. The first-order valence-corrected chi connectivity index (χ1v) is 13.7. The zero-order chi connectivity index (χ0) is 27.7. The number of unbranched alkanes of at least 4 members (excludes halogenated alkanes) is 2. The molecular weight excluding hydrogens is 488 g/mol. The molecule has 0 radical (unpaired) electrons. The summed E-state index contributed by atoms with van der Waals surface area (Å²) in [5, 5.41) is 17.8. The van der Waals surface area contributed by atoms with Crippen LogP contribution in [-0.4, -0.2) is 76.2 Å². The van der Waals surface area contributed by atoms with Crippen LogP contribution in [0.4, 0.5) is 0 Å². The zero-order valence-electron chi connectivity index (χ0n) is 22.3. The van der Waals surface area contributed by atoms with Crippen LogP contribution in [0.5, 0.6) is 0 Å². The molecule has 0 bridgehead atoms. The number of nitrogens with one attached hydrogen (secondary N) is 3. The SMILES string of the molecule is CC[C@@H]1NC(=O)[C@H](CCCCCC(=O)[C@H](C)O)NC(=O)[C@H]2CCCN2C(=O)[C@H](Cc2ccccc2)NC1=O. The van der Waals surface area contributed by atoms with Gasteiger partial charge in [-0.2, -0.15) is 0 Å². The maximum absolute atomic E-state index is 13.6. The molecule has 1 aromatic rings. The molecule has 10 heteroatoms. The fourth-order valence-corrected chi connectivity index (χ4v) is 5.02. The average molecular weight is 529 g/mol. The van der Waals surface area contributed by atoms with Crippen molar-refractivity contribution in [3.05, 3.63) is 35.9 Å². The van der Waals surface area contributed by atoms with Gasteiger partial charge in [0.1, 0.15) is 30.3 Å². The first-order valence-electron chi connectivity index (χ1n) is 13.7. The van der Waals surface area contributed by atoms with Crippen molar-refractivity contribution < 1.29 is 29.1 Å². The zero-order valence-corrected chi connectivity index (χ0v) is 22.3. The van der Waals surface area contributed by atoms with Gasteiger partial charge in [0.25, 0.3) is 0 Å². The Balaban J connectivity index is 1.76. The van der Waals surface area contributed by atoms with E-state index < -0.39 is 42.1 Å². The third-order valence-corrected chi connectivity index (χ3v) is 7.29. The lowest BCUT2D eigenvalue weighted by molar-refractivity contribution is -0.143. The first kappa shape index (κ1) is 29.3. The average Bonchev–Trinajstić information content (AvgIpc) is 3.39. The Morgan fingerprint density at radius 1 is 0.947 bits per heavy atom. The lowest BCUT2D eigenvalue weighted by Gasteiger charge is -2.32. The van der Waals surface area contributed by atoms with Crippen LogP contribution in [-0.2, 0) is 30.4 Å². The molecule has 3 rings (SSSR count). The third kappa shape index (κ3) is 7.86. The molecule has 4 amide bonds. The Kier molecular flexibility index (Phi) is 10.8. The number of amides is 4. The molecule has 10 nitrogen and oxygen atoms in total. The van der Waals surface area contributed by atoms with Crippen LogP contribution in [0.3, 0.4) is 0 Å². The standard InChI is InChI=1S/C28H40N4O6/c1-3-20-25(35)31-22(17-19-11-6-4-7-12-19)28(38)32-16-10-14-23(32)27(37)30-21(26(36)29-20)13-8-5-9-15-24(34)18(2)33/h4,6-7,11-12,18,20-23,33H,3,5,8-10,13-17H2,1-2H3,(H,29,36)(H,30,37)(H,31,35)/t18-,20-,21-,22-,23+/m0/s1. The van der Waals surface area contributed by atoms with Crippen molar-refractivity contribution in [1.29, 1.82) is 0 Å². The first-order chi connectivity index (χ1) is 18.2. The summed E-state index contributed by atoms with van der Waals surface area (Å²) < 4.78 is 0. The second kappa shape index (κ2) is 14.0. The van der Waals surface area contributed by atoms with Gasteiger partial charge >= 0.3 is 0 Å². The van der Waals surface area contributed by atoms with Gasteiger partial charge in [0.2, 0.25) is 23.6 Å². The van der Waals surface area contributed by atoms with Crippen molar-refractivity contribution in [2.45, 2.75) is 102 Å². The Labute approximate surface area is 223 Å².